The van der Waals surface area contributed by atoms with Crippen LogP contribution in [-0.4, -0.2) is 44.3 Å². The largest absolute Gasteiger partial charge is 0.493 e. The maximum absolute atomic E-state index is 12.2. The Kier molecular flexibility index (Phi) is 5.38. The molecule has 0 spiro atoms. The van der Waals surface area contributed by atoms with Crippen molar-refractivity contribution in [1.82, 2.24) is 4.90 Å². The van der Waals surface area contributed by atoms with Crippen molar-refractivity contribution in [3.8, 4) is 11.5 Å². The molecule has 1 saturated heterocycles. The van der Waals surface area contributed by atoms with Crippen LogP contribution < -0.4 is 9.47 Å². The molecule has 1 aromatic carbocycles. The van der Waals surface area contributed by atoms with E-state index in [1.807, 2.05) is 12.1 Å². The Morgan fingerprint density at radius 2 is 2.04 bits per heavy atom. The van der Waals surface area contributed by atoms with Crippen molar-refractivity contribution in [3.05, 3.63) is 23.8 Å². The van der Waals surface area contributed by atoms with Crippen LogP contribution in [0.4, 0.5) is 13.2 Å². The summed E-state index contributed by atoms with van der Waals surface area (Å²) in [6.45, 7) is 0.863. The highest BCUT2D eigenvalue weighted by Gasteiger charge is 2.33. The summed E-state index contributed by atoms with van der Waals surface area (Å²) in [5, 5.41) is 0. The number of carbonyl (C=O) groups excluding carboxylic acids is 1. The Labute approximate surface area is 133 Å². The molecule has 1 aromatic rings. The van der Waals surface area contributed by atoms with Gasteiger partial charge >= 0.3 is 6.18 Å². The number of nitrogens with zero attached hydrogens (tertiary/aromatic N) is 1. The first-order chi connectivity index (χ1) is 10.9. The van der Waals surface area contributed by atoms with E-state index in [1.165, 1.54) is 4.90 Å². The standard InChI is InChI=1S/C16H20F3NO3/c1-22-13-5-3-4-12(15(13)23-2)11-7-9-20(10-11)14(21)6-8-16(17,18)19/h3-5,11H,6-10H2,1-2H3. The number of halogens is 3. The SMILES string of the molecule is COc1cccc(C2CCN(C(=O)CCC(F)(F)F)C2)c1OC. The third kappa shape index (κ3) is 4.30. The van der Waals surface area contributed by atoms with Gasteiger partial charge in [0.15, 0.2) is 11.5 Å². The van der Waals surface area contributed by atoms with E-state index in [9.17, 15) is 18.0 Å². The fourth-order valence-corrected chi connectivity index (χ4v) is 2.88. The third-order valence-corrected chi connectivity index (χ3v) is 4.04. The molecule has 23 heavy (non-hydrogen) atoms. The molecular weight excluding hydrogens is 311 g/mol. The van der Waals surface area contributed by atoms with Crippen LogP contribution >= 0.6 is 0 Å². The fourth-order valence-electron chi connectivity index (χ4n) is 2.88. The van der Waals surface area contributed by atoms with Crippen LogP contribution in [0.15, 0.2) is 18.2 Å². The van der Waals surface area contributed by atoms with E-state index >= 15 is 0 Å². The number of carbonyl (C=O) groups is 1. The number of benzene rings is 1. The van der Waals surface area contributed by atoms with Gasteiger partial charge < -0.3 is 14.4 Å². The number of rotatable bonds is 5. The van der Waals surface area contributed by atoms with Gasteiger partial charge in [0.05, 0.1) is 20.6 Å². The molecule has 1 unspecified atom stereocenters. The molecule has 1 atom stereocenters. The first-order valence-electron chi connectivity index (χ1n) is 7.41. The topological polar surface area (TPSA) is 38.8 Å². The molecule has 1 aliphatic heterocycles. The van der Waals surface area contributed by atoms with Gasteiger partial charge in [-0.05, 0) is 12.5 Å². The van der Waals surface area contributed by atoms with Crippen molar-refractivity contribution in [2.24, 2.45) is 0 Å². The number of para-hydroxylation sites is 1. The predicted molar refractivity (Wildman–Crippen MR) is 78.8 cm³/mol. The normalized spacial score (nSPS) is 18.1. The number of methoxy groups -OCH3 is 2. The summed E-state index contributed by atoms with van der Waals surface area (Å²) in [7, 11) is 3.09. The van der Waals surface area contributed by atoms with Gasteiger partial charge in [0.2, 0.25) is 5.91 Å². The number of hydrogen-bond acceptors (Lipinski definition) is 3. The smallest absolute Gasteiger partial charge is 0.389 e. The first-order valence-corrected chi connectivity index (χ1v) is 7.41. The maximum Gasteiger partial charge on any atom is 0.389 e. The van der Waals surface area contributed by atoms with Gasteiger partial charge in [-0.2, -0.15) is 13.2 Å². The van der Waals surface area contributed by atoms with Gasteiger partial charge in [0, 0.05) is 31.0 Å². The molecule has 4 nitrogen and oxygen atoms in total. The average Bonchev–Trinajstić information content (AvgIpc) is 3.00. The van der Waals surface area contributed by atoms with Crippen molar-refractivity contribution in [1.29, 1.82) is 0 Å². The second-order valence-corrected chi connectivity index (χ2v) is 5.52. The Balaban J connectivity index is 2.04. The van der Waals surface area contributed by atoms with Gasteiger partial charge in [-0.25, -0.2) is 0 Å². The summed E-state index contributed by atoms with van der Waals surface area (Å²) in [5.41, 5.74) is 0.915. The summed E-state index contributed by atoms with van der Waals surface area (Å²) >= 11 is 0. The van der Waals surface area contributed by atoms with Gasteiger partial charge in [-0.15, -0.1) is 0 Å². The molecule has 2 rings (SSSR count). The molecule has 0 aliphatic carbocycles. The molecule has 0 aromatic heterocycles. The summed E-state index contributed by atoms with van der Waals surface area (Å²) in [6.07, 6.45) is -5.17. The number of alkyl halides is 3. The third-order valence-electron chi connectivity index (χ3n) is 4.04. The van der Waals surface area contributed by atoms with Gasteiger partial charge in [0.1, 0.15) is 0 Å². The molecule has 0 saturated carbocycles. The minimum atomic E-state index is -4.30. The van der Waals surface area contributed by atoms with E-state index < -0.39 is 24.9 Å². The van der Waals surface area contributed by atoms with E-state index in [0.29, 0.717) is 31.0 Å². The molecular formula is C16H20F3NO3. The molecule has 128 valence electrons. The highest BCUT2D eigenvalue weighted by Crippen LogP contribution is 2.39. The molecule has 1 heterocycles. The average molecular weight is 331 g/mol. The van der Waals surface area contributed by atoms with Crippen LogP contribution in [0.1, 0.15) is 30.7 Å². The minimum Gasteiger partial charge on any atom is -0.493 e. The van der Waals surface area contributed by atoms with Crippen LogP contribution in [0.2, 0.25) is 0 Å². The van der Waals surface area contributed by atoms with E-state index in [2.05, 4.69) is 0 Å². The van der Waals surface area contributed by atoms with Gasteiger partial charge in [-0.1, -0.05) is 12.1 Å². The zero-order valence-electron chi connectivity index (χ0n) is 13.2. The van der Waals surface area contributed by atoms with Crippen molar-refractivity contribution in [3.63, 3.8) is 0 Å². The lowest BCUT2D eigenvalue weighted by Crippen LogP contribution is -2.29. The van der Waals surface area contributed by atoms with Crippen LogP contribution in [0.5, 0.6) is 11.5 Å². The summed E-state index contributed by atoms with van der Waals surface area (Å²) in [6, 6.07) is 5.52. The lowest BCUT2D eigenvalue weighted by atomic mass is 9.97. The lowest BCUT2D eigenvalue weighted by molar-refractivity contribution is -0.148. The summed E-state index contributed by atoms with van der Waals surface area (Å²) in [5.74, 6) is 0.804. The van der Waals surface area contributed by atoms with Crippen molar-refractivity contribution < 1.29 is 27.4 Å². The van der Waals surface area contributed by atoms with Gasteiger partial charge in [-0.3, -0.25) is 4.79 Å². The van der Waals surface area contributed by atoms with E-state index in [4.69, 9.17) is 9.47 Å². The van der Waals surface area contributed by atoms with Crippen molar-refractivity contribution >= 4 is 5.91 Å². The molecule has 0 N–H and O–H groups in total. The van der Waals surface area contributed by atoms with Gasteiger partial charge in [0.25, 0.3) is 0 Å². The first kappa shape index (κ1) is 17.4. The highest BCUT2D eigenvalue weighted by atomic mass is 19.4. The highest BCUT2D eigenvalue weighted by molar-refractivity contribution is 5.76. The molecule has 0 bridgehead atoms. The molecule has 1 amide bonds. The van der Waals surface area contributed by atoms with E-state index in [0.717, 1.165) is 5.56 Å². The Hall–Kier alpha value is -1.92. The quantitative estimate of drug-likeness (QED) is 0.830. The number of hydrogen-bond donors (Lipinski definition) is 0. The van der Waals surface area contributed by atoms with Crippen LogP contribution in [0.25, 0.3) is 0 Å². The van der Waals surface area contributed by atoms with E-state index in [-0.39, 0.29) is 5.92 Å². The predicted octanol–water partition coefficient (Wildman–Crippen LogP) is 3.36. The minimum absolute atomic E-state index is 0.0369. The van der Waals surface area contributed by atoms with Crippen LogP contribution in [0.3, 0.4) is 0 Å². The number of likely N-dealkylation sites (tertiary alicyclic amines) is 1. The van der Waals surface area contributed by atoms with Crippen molar-refractivity contribution in [2.45, 2.75) is 31.4 Å². The van der Waals surface area contributed by atoms with E-state index in [1.54, 1.807) is 20.3 Å². The number of amides is 1. The second-order valence-electron chi connectivity index (χ2n) is 5.52. The number of ether oxygens (including phenoxy) is 2. The van der Waals surface area contributed by atoms with Crippen LogP contribution in [0, 0.1) is 0 Å². The zero-order chi connectivity index (χ0) is 17.0. The summed E-state index contributed by atoms with van der Waals surface area (Å²) < 4.78 is 47.3. The maximum atomic E-state index is 12.2. The molecule has 7 heteroatoms. The summed E-state index contributed by atoms with van der Waals surface area (Å²) in [4.78, 5) is 13.4. The zero-order valence-corrected chi connectivity index (χ0v) is 13.2. The Morgan fingerprint density at radius 3 is 2.65 bits per heavy atom. The second kappa shape index (κ2) is 7.10. The fraction of sp³-hybridized carbons (Fsp3) is 0.562. The molecule has 1 fully saturated rings. The van der Waals surface area contributed by atoms with Crippen LogP contribution in [-0.2, 0) is 4.79 Å². The molecule has 0 radical (unpaired) electrons. The Morgan fingerprint density at radius 1 is 1.30 bits per heavy atom. The lowest BCUT2D eigenvalue weighted by Gasteiger charge is -2.19. The monoisotopic (exact) mass is 331 g/mol. The van der Waals surface area contributed by atoms with Crippen molar-refractivity contribution in [2.75, 3.05) is 27.3 Å². The molecule has 1 aliphatic rings. The Bertz CT molecular complexity index is 560.